The van der Waals surface area contributed by atoms with Crippen LogP contribution in [0.25, 0.3) is 0 Å². The van der Waals surface area contributed by atoms with Gasteiger partial charge in [-0.2, -0.15) is 0 Å². The lowest BCUT2D eigenvalue weighted by Gasteiger charge is -2.60. The van der Waals surface area contributed by atoms with Gasteiger partial charge in [0, 0.05) is 17.6 Å². The van der Waals surface area contributed by atoms with Gasteiger partial charge in [-0.3, -0.25) is 9.59 Å². The minimum absolute atomic E-state index is 0.0534. The van der Waals surface area contributed by atoms with Crippen LogP contribution in [-0.4, -0.2) is 36.0 Å². The third-order valence-corrected chi connectivity index (χ3v) is 6.97. The van der Waals surface area contributed by atoms with Crippen molar-refractivity contribution >= 4 is 11.9 Å². The van der Waals surface area contributed by atoms with Gasteiger partial charge in [-0.1, -0.05) is 18.2 Å². The molecule has 0 unspecified atom stereocenters. The molecule has 0 radical (unpaired) electrons. The first kappa shape index (κ1) is 17.6. The van der Waals surface area contributed by atoms with E-state index < -0.39 is 0 Å². The van der Waals surface area contributed by atoms with Gasteiger partial charge in [-0.05, 0) is 74.8 Å². The minimum atomic E-state index is -0.239. The Morgan fingerprint density at radius 1 is 1.08 bits per heavy atom. The number of carbonyl (C=O) groups excluding carboxylic acids is 2. The zero-order valence-corrected chi connectivity index (χ0v) is 15.9. The molecule has 4 heteroatoms. The Morgan fingerprint density at radius 2 is 1.65 bits per heavy atom. The van der Waals surface area contributed by atoms with Crippen molar-refractivity contribution in [2.75, 3.05) is 13.7 Å². The van der Waals surface area contributed by atoms with Gasteiger partial charge in [-0.25, -0.2) is 0 Å². The number of ether oxygens (including phenoxy) is 1. The van der Waals surface area contributed by atoms with E-state index in [1.807, 2.05) is 31.2 Å². The van der Waals surface area contributed by atoms with E-state index >= 15 is 0 Å². The van der Waals surface area contributed by atoms with Crippen molar-refractivity contribution in [1.82, 2.24) is 4.90 Å². The molecule has 5 rings (SSSR count). The highest BCUT2D eigenvalue weighted by Crippen LogP contribution is 2.58. The zero-order valence-electron chi connectivity index (χ0n) is 15.9. The standard InChI is InChI=1S/C22H29NO3/c1-15-5-3-4-6-19(15)21(25)23(8-7-20(24)26-2)22-12-16-9-17(13-22)11-18(10-16)14-22/h3-6,16-18H,7-14H2,1-2H3. The number of nitrogens with zero attached hydrogens (tertiary/aromatic N) is 1. The first-order valence-corrected chi connectivity index (χ1v) is 9.95. The predicted octanol–water partition coefficient (Wildman–Crippen LogP) is 3.97. The molecule has 4 saturated carbocycles. The van der Waals surface area contributed by atoms with Gasteiger partial charge in [0.05, 0.1) is 13.5 Å². The first-order valence-electron chi connectivity index (χ1n) is 9.95. The van der Waals surface area contributed by atoms with Crippen LogP contribution >= 0.6 is 0 Å². The fourth-order valence-corrected chi connectivity index (χ4v) is 6.21. The van der Waals surface area contributed by atoms with Crippen molar-refractivity contribution in [3.8, 4) is 0 Å². The van der Waals surface area contributed by atoms with Crippen LogP contribution in [0, 0.1) is 24.7 Å². The molecule has 0 aromatic heterocycles. The van der Waals surface area contributed by atoms with Gasteiger partial charge in [0.25, 0.3) is 5.91 Å². The summed E-state index contributed by atoms with van der Waals surface area (Å²) >= 11 is 0. The molecule has 0 aliphatic heterocycles. The van der Waals surface area contributed by atoms with Crippen LogP contribution in [0.15, 0.2) is 24.3 Å². The molecule has 1 aromatic rings. The zero-order chi connectivity index (χ0) is 18.3. The SMILES string of the molecule is COC(=O)CCN(C(=O)c1ccccc1C)C12CC3CC(CC(C3)C1)C2. The second-order valence-electron chi connectivity index (χ2n) is 8.74. The summed E-state index contributed by atoms with van der Waals surface area (Å²) in [6, 6.07) is 7.81. The Kier molecular flexibility index (Phi) is 4.54. The minimum Gasteiger partial charge on any atom is -0.469 e. The van der Waals surface area contributed by atoms with Crippen molar-refractivity contribution in [2.24, 2.45) is 17.8 Å². The molecule has 1 aromatic carbocycles. The van der Waals surface area contributed by atoms with Gasteiger partial charge < -0.3 is 9.64 Å². The van der Waals surface area contributed by atoms with Crippen LogP contribution in [0.2, 0.25) is 0 Å². The molecular formula is C22H29NO3. The van der Waals surface area contributed by atoms with E-state index in [9.17, 15) is 9.59 Å². The van der Waals surface area contributed by atoms with Crippen LogP contribution < -0.4 is 0 Å². The Morgan fingerprint density at radius 3 is 2.19 bits per heavy atom. The fraction of sp³-hybridized carbons (Fsp3) is 0.636. The van der Waals surface area contributed by atoms with Gasteiger partial charge in [0.15, 0.2) is 0 Å². The molecule has 4 nitrogen and oxygen atoms in total. The summed E-state index contributed by atoms with van der Waals surface area (Å²) in [6.45, 7) is 2.46. The van der Waals surface area contributed by atoms with E-state index in [0.29, 0.717) is 6.54 Å². The number of hydrogen-bond acceptors (Lipinski definition) is 3. The largest absolute Gasteiger partial charge is 0.469 e. The highest BCUT2D eigenvalue weighted by Gasteiger charge is 2.54. The number of hydrogen-bond donors (Lipinski definition) is 0. The fourth-order valence-electron chi connectivity index (χ4n) is 6.21. The van der Waals surface area contributed by atoms with Gasteiger partial charge in [0.2, 0.25) is 0 Å². The molecule has 0 atom stereocenters. The summed E-state index contributed by atoms with van der Waals surface area (Å²) in [5.74, 6) is 2.12. The lowest BCUT2D eigenvalue weighted by molar-refractivity contribution is -0.141. The maximum absolute atomic E-state index is 13.6. The van der Waals surface area contributed by atoms with Gasteiger partial charge >= 0.3 is 5.97 Å². The normalized spacial score (nSPS) is 31.7. The van der Waals surface area contributed by atoms with Gasteiger partial charge in [0.1, 0.15) is 0 Å². The lowest BCUT2D eigenvalue weighted by Crippen LogP contribution is -2.62. The maximum Gasteiger partial charge on any atom is 0.307 e. The molecule has 140 valence electrons. The molecule has 0 heterocycles. The number of methoxy groups -OCH3 is 1. The van der Waals surface area contributed by atoms with Crippen LogP contribution in [0.4, 0.5) is 0 Å². The molecule has 4 aliphatic carbocycles. The Balaban J connectivity index is 1.66. The molecule has 0 N–H and O–H groups in total. The predicted molar refractivity (Wildman–Crippen MR) is 99.8 cm³/mol. The molecule has 4 fully saturated rings. The average molecular weight is 355 g/mol. The smallest absolute Gasteiger partial charge is 0.307 e. The molecular weight excluding hydrogens is 326 g/mol. The number of carbonyl (C=O) groups is 2. The number of esters is 1. The third-order valence-electron chi connectivity index (χ3n) is 6.97. The van der Waals surface area contributed by atoms with Crippen molar-refractivity contribution in [1.29, 1.82) is 0 Å². The summed E-state index contributed by atoms with van der Waals surface area (Å²) in [6.07, 6.45) is 7.61. The van der Waals surface area contributed by atoms with Crippen molar-refractivity contribution < 1.29 is 14.3 Å². The van der Waals surface area contributed by atoms with E-state index in [0.717, 1.165) is 48.1 Å². The number of benzene rings is 1. The van der Waals surface area contributed by atoms with E-state index in [2.05, 4.69) is 4.90 Å². The molecule has 1 amide bonds. The quantitative estimate of drug-likeness (QED) is 0.751. The monoisotopic (exact) mass is 355 g/mol. The topological polar surface area (TPSA) is 46.6 Å². The molecule has 4 bridgehead atoms. The molecule has 4 aliphatic rings. The van der Waals surface area contributed by atoms with Crippen LogP contribution in [-0.2, 0) is 9.53 Å². The number of amides is 1. The van der Waals surface area contributed by atoms with Crippen LogP contribution in [0.3, 0.4) is 0 Å². The number of aryl methyl sites for hydroxylation is 1. The van der Waals surface area contributed by atoms with E-state index in [-0.39, 0.29) is 23.8 Å². The van der Waals surface area contributed by atoms with E-state index in [1.54, 1.807) is 0 Å². The first-order chi connectivity index (χ1) is 12.5. The molecule has 26 heavy (non-hydrogen) atoms. The van der Waals surface area contributed by atoms with Crippen molar-refractivity contribution in [2.45, 2.75) is 57.4 Å². The highest BCUT2D eigenvalue weighted by atomic mass is 16.5. The van der Waals surface area contributed by atoms with Crippen molar-refractivity contribution in [3.05, 3.63) is 35.4 Å². The second-order valence-corrected chi connectivity index (χ2v) is 8.74. The number of rotatable bonds is 5. The Hall–Kier alpha value is -1.84. The maximum atomic E-state index is 13.6. The van der Waals surface area contributed by atoms with E-state index in [4.69, 9.17) is 4.74 Å². The van der Waals surface area contributed by atoms with Crippen molar-refractivity contribution in [3.63, 3.8) is 0 Å². The van der Waals surface area contributed by atoms with E-state index in [1.165, 1.54) is 26.4 Å². The molecule has 0 saturated heterocycles. The summed E-state index contributed by atoms with van der Waals surface area (Å²) in [5.41, 5.74) is 1.72. The average Bonchev–Trinajstić information content (AvgIpc) is 2.60. The summed E-state index contributed by atoms with van der Waals surface area (Å²) in [5, 5.41) is 0. The summed E-state index contributed by atoms with van der Waals surface area (Å²) in [7, 11) is 1.42. The van der Waals surface area contributed by atoms with Crippen LogP contribution in [0.5, 0.6) is 0 Å². The lowest BCUT2D eigenvalue weighted by atomic mass is 9.52. The summed E-state index contributed by atoms with van der Waals surface area (Å²) in [4.78, 5) is 27.4. The highest BCUT2D eigenvalue weighted by molar-refractivity contribution is 5.96. The second kappa shape index (κ2) is 6.71. The Labute approximate surface area is 155 Å². The third kappa shape index (κ3) is 3.04. The summed E-state index contributed by atoms with van der Waals surface area (Å²) < 4.78 is 4.85. The Bertz CT molecular complexity index is 676. The molecule has 0 spiro atoms. The van der Waals surface area contributed by atoms with Gasteiger partial charge in [-0.15, -0.1) is 0 Å². The van der Waals surface area contributed by atoms with Crippen LogP contribution in [0.1, 0.15) is 60.9 Å².